The number of anilines is 1. The van der Waals surface area contributed by atoms with Gasteiger partial charge in [-0.1, -0.05) is 45.4 Å². The molecule has 0 heterocycles. The van der Waals surface area contributed by atoms with Crippen molar-refractivity contribution in [1.82, 2.24) is 0 Å². The van der Waals surface area contributed by atoms with Gasteiger partial charge >= 0.3 is 0 Å². The van der Waals surface area contributed by atoms with E-state index in [1.165, 1.54) is 12.8 Å². The Kier molecular flexibility index (Phi) is 7.39. The predicted molar refractivity (Wildman–Crippen MR) is 90.5 cm³/mol. The lowest BCUT2D eigenvalue weighted by molar-refractivity contribution is 0.535. The Morgan fingerprint density at radius 3 is 2.00 bits per heavy atom. The lowest BCUT2D eigenvalue weighted by atomic mass is 10.1. The zero-order valence-corrected chi connectivity index (χ0v) is 14.1. The molecule has 2 N–H and O–H groups in total. The van der Waals surface area contributed by atoms with E-state index in [4.69, 9.17) is 17.3 Å². The van der Waals surface area contributed by atoms with Gasteiger partial charge in [-0.2, -0.15) is 0 Å². The summed E-state index contributed by atoms with van der Waals surface area (Å²) in [4.78, 5) is 2.42. The van der Waals surface area contributed by atoms with Gasteiger partial charge in [0, 0.05) is 19.6 Å². The first-order valence-electron chi connectivity index (χ1n) is 7.67. The second kappa shape index (κ2) is 8.53. The number of hydrogen-bond acceptors (Lipinski definition) is 2. The molecule has 0 spiro atoms. The molecule has 0 fully saturated rings. The second-order valence-corrected chi connectivity index (χ2v) is 6.75. The summed E-state index contributed by atoms with van der Waals surface area (Å²) in [6.45, 7) is 11.7. The first kappa shape index (κ1) is 17.3. The molecule has 3 heteroatoms. The number of benzene rings is 1. The first-order chi connectivity index (χ1) is 9.43. The van der Waals surface area contributed by atoms with Crippen molar-refractivity contribution in [2.75, 3.05) is 18.0 Å². The highest BCUT2D eigenvalue weighted by Gasteiger charge is 2.12. The van der Waals surface area contributed by atoms with Gasteiger partial charge in [-0.05, 0) is 42.4 Å². The predicted octanol–water partition coefficient (Wildman–Crippen LogP) is 4.70. The van der Waals surface area contributed by atoms with E-state index in [1.54, 1.807) is 0 Å². The molecule has 20 heavy (non-hydrogen) atoms. The van der Waals surface area contributed by atoms with Crippen LogP contribution in [-0.4, -0.2) is 13.1 Å². The molecule has 1 aromatic carbocycles. The van der Waals surface area contributed by atoms with Gasteiger partial charge in [0.25, 0.3) is 0 Å². The Morgan fingerprint density at radius 2 is 1.60 bits per heavy atom. The zero-order chi connectivity index (χ0) is 15.1. The highest BCUT2D eigenvalue weighted by molar-refractivity contribution is 6.33. The molecule has 0 aliphatic carbocycles. The van der Waals surface area contributed by atoms with Crippen LogP contribution in [0, 0.1) is 11.8 Å². The summed E-state index contributed by atoms with van der Waals surface area (Å²) in [5.41, 5.74) is 7.90. The van der Waals surface area contributed by atoms with Gasteiger partial charge in [0.15, 0.2) is 0 Å². The summed E-state index contributed by atoms with van der Waals surface area (Å²) in [5, 5.41) is 0.820. The summed E-state index contributed by atoms with van der Waals surface area (Å²) in [6, 6.07) is 6.19. The van der Waals surface area contributed by atoms with Gasteiger partial charge in [-0.15, -0.1) is 0 Å². The molecule has 0 unspecified atom stereocenters. The molecule has 0 aliphatic rings. The Bertz CT molecular complexity index is 390. The van der Waals surface area contributed by atoms with Crippen molar-refractivity contribution in [3.8, 4) is 0 Å². The van der Waals surface area contributed by atoms with Gasteiger partial charge < -0.3 is 10.6 Å². The third-order valence-electron chi connectivity index (χ3n) is 3.54. The largest absolute Gasteiger partial charge is 0.370 e. The Hall–Kier alpha value is -0.730. The van der Waals surface area contributed by atoms with Crippen LogP contribution in [0.25, 0.3) is 0 Å². The van der Waals surface area contributed by atoms with Crippen molar-refractivity contribution in [1.29, 1.82) is 0 Å². The van der Waals surface area contributed by atoms with E-state index < -0.39 is 0 Å². The Labute approximate surface area is 129 Å². The molecule has 2 nitrogen and oxygen atoms in total. The standard InChI is InChI=1S/C17H29ClN2/c1-13(2)7-9-20(10-8-14(3)4)17-6-5-15(12-19)11-16(17)18/h5-6,11,13-14H,7-10,12,19H2,1-4H3. The average molecular weight is 297 g/mol. The summed E-state index contributed by atoms with van der Waals surface area (Å²) in [7, 11) is 0. The van der Waals surface area contributed by atoms with E-state index in [1.807, 2.05) is 6.07 Å². The molecule has 0 bridgehead atoms. The summed E-state index contributed by atoms with van der Waals surface area (Å²) in [6.07, 6.45) is 2.38. The van der Waals surface area contributed by atoms with Gasteiger partial charge in [-0.3, -0.25) is 0 Å². The molecule has 0 saturated heterocycles. The number of hydrogen-bond donors (Lipinski definition) is 1. The normalized spacial score (nSPS) is 11.4. The minimum Gasteiger partial charge on any atom is -0.370 e. The third-order valence-corrected chi connectivity index (χ3v) is 3.84. The SMILES string of the molecule is CC(C)CCN(CCC(C)C)c1ccc(CN)cc1Cl. The van der Waals surface area contributed by atoms with E-state index in [2.05, 4.69) is 44.7 Å². The van der Waals surface area contributed by atoms with Crippen LogP contribution in [0.15, 0.2) is 18.2 Å². The molecule has 1 aromatic rings. The molecule has 0 radical (unpaired) electrons. The van der Waals surface area contributed by atoms with Crippen molar-refractivity contribution in [2.45, 2.75) is 47.1 Å². The Morgan fingerprint density at radius 1 is 1.05 bits per heavy atom. The van der Waals surface area contributed by atoms with Crippen molar-refractivity contribution >= 4 is 17.3 Å². The number of halogens is 1. The molecule has 0 aromatic heterocycles. The van der Waals surface area contributed by atoms with Crippen molar-refractivity contribution in [3.05, 3.63) is 28.8 Å². The van der Waals surface area contributed by atoms with Crippen LogP contribution in [0.4, 0.5) is 5.69 Å². The van der Waals surface area contributed by atoms with Crippen LogP contribution in [0.2, 0.25) is 5.02 Å². The van der Waals surface area contributed by atoms with Crippen LogP contribution in [0.1, 0.15) is 46.1 Å². The molecule has 114 valence electrons. The van der Waals surface area contributed by atoms with E-state index in [9.17, 15) is 0 Å². The monoisotopic (exact) mass is 296 g/mol. The fourth-order valence-corrected chi connectivity index (χ4v) is 2.44. The molecule has 0 aliphatic heterocycles. The van der Waals surface area contributed by atoms with Crippen LogP contribution in [0.3, 0.4) is 0 Å². The smallest absolute Gasteiger partial charge is 0.0642 e. The maximum Gasteiger partial charge on any atom is 0.0642 e. The highest BCUT2D eigenvalue weighted by atomic mass is 35.5. The molecule has 0 atom stereocenters. The summed E-state index contributed by atoms with van der Waals surface area (Å²) >= 11 is 6.44. The van der Waals surface area contributed by atoms with Gasteiger partial charge in [-0.25, -0.2) is 0 Å². The number of rotatable bonds is 8. The fourth-order valence-electron chi connectivity index (χ4n) is 2.11. The topological polar surface area (TPSA) is 29.3 Å². The van der Waals surface area contributed by atoms with Crippen LogP contribution in [0.5, 0.6) is 0 Å². The van der Waals surface area contributed by atoms with E-state index in [0.717, 1.165) is 29.4 Å². The highest BCUT2D eigenvalue weighted by Crippen LogP contribution is 2.28. The number of nitrogens with two attached hydrogens (primary N) is 1. The van der Waals surface area contributed by atoms with Crippen LogP contribution < -0.4 is 10.6 Å². The molecular weight excluding hydrogens is 268 g/mol. The van der Waals surface area contributed by atoms with Crippen molar-refractivity contribution in [3.63, 3.8) is 0 Å². The van der Waals surface area contributed by atoms with Crippen molar-refractivity contribution in [2.24, 2.45) is 17.6 Å². The first-order valence-corrected chi connectivity index (χ1v) is 8.05. The fraction of sp³-hybridized carbons (Fsp3) is 0.647. The third kappa shape index (κ3) is 5.72. The van der Waals surface area contributed by atoms with E-state index >= 15 is 0 Å². The van der Waals surface area contributed by atoms with Crippen LogP contribution >= 0.6 is 11.6 Å². The summed E-state index contributed by atoms with van der Waals surface area (Å²) in [5.74, 6) is 1.41. The Balaban J connectivity index is 2.84. The quantitative estimate of drug-likeness (QED) is 0.753. The average Bonchev–Trinajstić information content (AvgIpc) is 2.39. The molecule has 0 amide bonds. The van der Waals surface area contributed by atoms with Crippen molar-refractivity contribution < 1.29 is 0 Å². The zero-order valence-electron chi connectivity index (χ0n) is 13.3. The van der Waals surface area contributed by atoms with Gasteiger partial charge in [0.05, 0.1) is 10.7 Å². The molecular formula is C17H29ClN2. The second-order valence-electron chi connectivity index (χ2n) is 6.34. The maximum absolute atomic E-state index is 6.44. The van der Waals surface area contributed by atoms with E-state index in [0.29, 0.717) is 18.4 Å². The minimum absolute atomic E-state index is 0.540. The lowest BCUT2D eigenvalue weighted by Crippen LogP contribution is -2.27. The molecule has 0 saturated carbocycles. The maximum atomic E-state index is 6.44. The summed E-state index contributed by atoms with van der Waals surface area (Å²) < 4.78 is 0. The van der Waals surface area contributed by atoms with Gasteiger partial charge in [0.1, 0.15) is 0 Å². The van der Waals surface area contributed by atoms with Crippen LogP contribution in [-0.2, 0) is 6.54 Å². The lowest BCUT2D eigenvalue weighted by Gasteiger charge is -2.27. The number of nitrogens with zero attached hydrogens (tertiary/aromatic N) is 1. The molecule has 1 rings (SSSR count). The van der Waals surface area contributed by atoms with Gasteiger partial charge in [0.2, 0.25) is 0 Å². The minimum atomic E-state index is 0.540. The van der Waals surface area contributed by atoms with E-state index in [-0.39, 0.29) is 0 Å².